The van der Waals surface area contributed by atoms with Crippen molar-refractivity contribution in [3.05, 3.63) is 42.2 Å². The van der Waals surface area contributed by atoms with E-state index in [-0.39, 0.29) is 0 Å². The number of hydrogen-bond acceptors (Lipinski definition) is 5. The molecule has 0 radical (unpaired) electrons. The smallest absolute Gasteiger partial charge is 0.135 e. The van der Waals surface area contributed by atoms with E-state index in [1.54, 1.807) is 13.2 Å². The molecule has 5 nitrogen and oxygen atoms in total. The van der Waals surface area contributed by atoms with Gasteiger partial charge in [-0.25, -0.2) is 9.97 Å². The zero-order valence-corrected chi connectivity index (χ0v) is 9.55. The number of benzene rings is 1. The Morgan fingerprint density at radius 1 is 1.29 bits per heavy atom. The van der Waals surface area contributed by atoms with E-state index >= 15 is 0 Å². The third-order valence-electron chi connectivity index (χ3n) is 2.20. The van der Waals surface area contributed by atoms with Crippen molar-refractivity contribution in [2.45, 2.75) is 6.61 Å². The average Bonchev–Trinajstić information content (AvgIpc) is 2.30. The Morgan fingerprint density at radius 3 is 2.94 bits per heavy atom. The number of anilines is 3. The molecule has 0 spiro atoms. The largest absolute Gasteiger partial charge is 0.384 e. The standard InChI is InChI=1S/C12H14N4O/c1-17-7-9-3-2-4-10(5-9)16-12-6-11(13)14-8-15-12/h2-6,8H,7H2,1H3,(H3,13,14,15,16). The Balaban J connectivity index is 2.15. The molecule has 0 aliphatic rings. The molecule has 0 amide bonds. The third-order valence-corrected chi connectivity index (χ3v) is 2.20. The zero-order chi connectivity index (χ0) is 12.1. The third kappa shape index (κ3) is 3.15. The van der Waals surface area contributed by atoms with E-state index < -0.39 is 0 Å². The van der Waals surface area contributed by atoms with Crippen LogP contribution in [-0.2, 0) is 11.3 Å². The predicted molar refractivity (Wildman–Crippen MR) is 66.9 cm³/mol. The summed E-state index contributed by atoms with van der Waals surface area (Å²) in [5.41, 5.74) is 7.62. The van der Waals surface area contributed by atoms with Crippen molar-refractivity contribution in [3.63, 3.8) is 0 Å². The van der Waals surface area contributed by atoms with Gasteiger partial charge in [0.2, 0.25) is 0 Å². The van der Waals surface area contributed by atoms with Crippen molar-refractivity contribution < 1.29 is 4.74 Å². The fraction of sp³-hybridized carbons (Fsp3) is 0.167. The number of ether oxygens (including phenoxy) is 1. The summed E-state index contributed by atoms with van der Waals surface area (Å²) in [5.74, 6) is 1.11. The molecule has 0 saturated heterocycles. The predicted octanol–water partition coefficient (Wildman–Crippen LogP) is 1.95. The maximum Gasteiger partial charge on any atom is 0.135 e. The number of nitrogen functional groups attached to an aromatic ring is 1. The highest BCUT2D eigenvalue weighted by Crippen LogP contribution is 2.16. The van der Waals surface area contributed by atoms with Gasteiger partial charge in [0.15, 0.2) is 0 Å². The van der Waals surface area contributed by atoms with E-state index in [1.165, 1.54) is 6.33 Å². The van der Waals surface area contributed by atoms with Crippen LogP contribution < -0.4 is 11.1 Å². The number of nitrogens with two attached hydrogens (primary N) is 1. The summed E-state index contributed by atoms with van der Waals surface area (Å²) in [6, 6.07) is 9.60. The lowest BCUT2D eigenvalue weighted by Gasteiger charge is -2.07. The highest BCUT2D eigenvalue weighted by Gasteiger charge is 1.98. The summed E-state index contributed by atoms with van der Waals surface area (Å²) >= 11 is 0. The van der Waals surface area contributed by atoms with Crippen LogP contribution in [0.15, 0.2) is 36.7 Å². The van der Waals surface area contributed by atoms with Crippen LogP contribution in [0.2, 0.25) is 0 Å². The maximum atomic E-state index is 5.58. The molecule has 0 aliphatic heterocycles. The Labute approximate surface area is 99.7 Å². The van der Waals surface area contributed by atoms with E-state index in [9.17, 15) is 0 Å². The second kappa shape index (κ2) is 5.27. The fourth-order valence-corrected chi connectivity index (χ4v) is 1.49. The number of aromatic nitrogens is 2. The molecule has 0 bridgehead atoms. The van der Waals surface area contributed by atoms with Crippen molar-refractivity contribution in [1.29, 1.82) is 0 Å². The monoisotopic (exact) mass is 230 g/mol. The molecule has 0 fully saturated rings. The number of methoxy groups -OCH3 is 1. The maximum absolute atomic E-state index is 5.58. The minimum Gasteiger partial charge on any atom is -0.384 e. The molecule has 1 aromatic carbocycles. The topological polar surface area (TPSA) is 73.1 Å². The minimum atomic E-state index is 0.440. The van der Waals surface area contributed by atoms with Crippen LogP contribution in [0.3, 0.4) is 0 Å². The van der Waals surface area contributed by atoms with Gasteiger partial charge in [0.1, 0.15) is 18.0 Å². The molecule has 1 aromatic heterocycles. The van der Waals surface area contributed by atoms with Gasteiger partial charge in [-0.15, -0.1) is 0 Å². The van der Waals surface area contributed by atoms with Crippen molar-refractivity contribution in [3.8, 4) is 0 Å². The Kier molecular flexibility index (Phi) is 3.52. The summed E-state index contributed by atoms with van der Waals surface area (Å²) in [5, 5.41) is 3.16. The van der Waals surface area contributed by atoms with Crippen molar-refractivity contribution in [2.24, 2.45) is 0 Å². The van der Waals surface area contributed by atoms with Gasteiger partial charge in [-0.3, -0.25) is 0 Å². The van der Waals surface area contributed by atoms with Gasteiger partial charge >= 0.3 is 0 Å². The summed E-state index contributed by atoms with van der Waals surface area (Å²) < 4.78 is 5.08. The Morgan fingerprint density at radius 2 is 2.18 bits per heavy atom. The molecule has 2 rings (SSSR count). The molecule has 17 heavy (non-hydrogen) atoms. The van der Waals surface area contributed by atoms with Crippen LogP contribution >= 0.6 is 0 Å². The van der Waals surface area contributed by atoms with Gasteiger partial charge in [0.05, 0.1) is 6.61 Å². The van der Waals surface area contributed by atoms with Gasteiger partial charge in [-0.05, 0) is 17.7 Å². The molecular weight excluding hydrogens is 216 g/mol. The van der Waals surface area contributed by atoms with Crippen LogP contribution in [0.4, 0.5) is 17.3 Å². The van der Waals surface area contributed by atoms with E-state index in [1.807, 2.05) is 24.3 Å². The zero-order valence-electron chi connectivity index (χ0n) is 9.55. The lowest BCUT2D eigenvalue weighted by atomic mass is 10.2. The van der Waals surface area contributed by atoms with E-state index in [2.05, 4.69) is 15.3 Å². The Hall–Kier alpha value is -2.14. The fourth-order valence-electron chi connectivity index (χ4n) is 1.49. The average molecular weight is 230 g/mol. The molecule has 0 atom stereocenters. The van der Waals surface area contributed by atoms with Crippen LogP contribution in [0, 0.1) is 0 Å². The van der Waals surface area contributed by atoms with Gasteiger partial charge < -0.3 is 15.8 Å². The SMILES string of the molecule is COCc1cccc(Nc2cc(N)ncn2)c1. The summed E-state index contributed by atoms with van der Waals surface area (Å²) in [4.78, 5) is 7.91. The molecule has 5 heteroatoms. The summed E-state index contributed by atoms with van der Waals surface area (Å²) in [6.45, 7) is 0.585. The number of nitrogens with one attached hydrogen (secondary N) is 1. The van der Waals surface area contributed by atoms with E-state index in [0.29, 0.717) is 18.2 Å². The first-order valence-electron chi connectivity index (χ1n) is 5.20. The Bertz CT molecular complexity index is 501. The second-order valence-corrected chi connectivity index (χ2v) is 3.59. The van der Waals surface area contributed by atoms with Crippen LogP contribution in [-0.4, -0.2) is 17.1 Å². The van der Waals surface area contributed by atoms with Crippen molar-refractivity contribution in [1.82, 2.24) is 9.97 Å². The normalized spacial score (nSPS) is 10.2. The first kappa shape index (κ1) is 11.3. The van der Waals surface area contributed by atoms with Crippen LogP contribution in [0.5, 0.6) is 0 Å². The van der Waals surface area contributed by atoms with Crippen molar-refractivity contribution in [2.75, 3.05) is 18.2 Å². The molecule has 0 unspecified atom stereocenters. The summed E-state index contributed by atoms with van der Waals surface area (Å²) in [6.07, 6.45) is 1.43. The quantitative estimate of drug-likeness (QED) is 0.839. The van der Waals surface area contributed by atoms with Gasteiger partial charge in [-0.1, -0.05) is 12.1 Å². The molecule has 0 aliphatic carbocycles. The molecule has 2 aromatic rings. The molecule has 88 valence electrons. The number of hydrogen-bond donors (Lipinski definition) is 2. The minimum absolute atomic E-state index is 0.440. The van der Waals surface area contributed by atoms with Crippen LogP contribution in [0.25, 0.3) is 0 Å². The van der Waals surface area contributed by atoms with Gasteiger partial charge in [0.25, 0.3) is 0 Å². The molecular formula is C12H14N4O. The van der Waals surface area contributed by atoms with Gasteiger partial charge in [0, 0.05) is 18.9 Å². The van der Waals surface area contributed by atoms with Gasteiger partial charge in [-0.2, -0.15) is 0 Å². The van der Waals surface area contributed by atoms with Crippen LogP contribution in [0.1, 0.15) is 5.56 Å². The van der Waals surface area contributed by atoms with E-state index in [4.69, 9.17) is 10.5 Å². The first-order chi connectivity index (χ1) is 8.28. The first-order valence-corrected chi connectivity index (χ1v) is 5.20. The van der Waals surface area contributed by atoms with E-state index in [0.717, 1.165) is 11.3 Å². The number of rotatable bonds is 4. The molecule has 0 saturated carbocycles. The van der Waals surface area contributed by atoms with Crippen molar-refractivity contribution >= 4 is 17.3 Å². The molecule has 1 heterocycles. The lowest BCUT2D eigenvalue weighted by Crippen LogP contribution is -1.98. The number of nitrogens with zero attached hydrogens (tertiary/aromatic N) is 2. The lowest BCUT2D eigenvalue weighted by molar-refractivity contribution is 0.185. The highest BCUT2D eigenvalue weighted by molar-refractivity contribution is 5.58. The summed E-state index contributed by atoms with van der Waals surface area (Å²) in [7, 11) is 1.67. The highest BCUT2D eigenvalue weighted by atomic mass is 16.5. The second-order valence-electron chi connectivity index (χ2n) is 3.59. The molecule has 3 N–H and O–H groups in total.